The summed E-state index contributed by atoms with van der Waals surface area (Å²) in [4.78, 5) is 24.1. The summed E-state index contributed by atoms with van der Waals surface area (Å²) in [7, 11) is 0. The molecule has 1 fully saturated rings. The van der Waals surface area contributed by atoms with Crippen molar-refractivity contribution in [1.82, 2.24) is 9.61 Å². The topological polar surface area (TPSA) is 51.4 Å². The van der Waals surface area contributed by atoms with Crippen LogP contribution in [0.3, 0.4) is 0 Å². The van der Waals surface area contributed by atoms with Crippen molar-refractivity contribution in [2.75, 3.05) is 0 Å². The molecule has 0 radical (unpaired) electrons. The average Bonchev–Trinajstić information content (AvgIpc) is 3.11. The molecule has 0 atom stereocenters. The van der Waals surface area contributed by atoms with Gasteiger partial charge in [0.2, 0.25) is 0 Å². The number of rotatable bonds is 3. The number of carbonyl (C=O) groups is 2. The van der Waals surface area contributed by atoms with E-state index in [1.807, 2.05) is 13.0 Å². The van der Waals surface area contributed by atoms with Gasteiger partial charge >= 0.3 is 0 Å². The van der Waals surface area contributed by atoms with Crippen LogP contribution < -0.4 is 0 Å². The molecule has 0 unspecified atom stereocenters. The Bertz CT molecular complexity index is 666. The summed E-state index contributed by atoms with van der Waals surface area (Å²) >= 11 is 0. The number of carbonyl (C=O) groups excluding carboxylic acids is 2. The molecule has 0 aliphatic heterocycles. The number of fused-ring (bicyclic) bond motifs is 1. The summed E-state index contributed by atoms with van der Waals surface area (Å²) in [5.74, 6) is 0.227. The highest BCUT2D eigenvalue weighted by molar-refractivity contribution is 6.08. The van der Waals surface area contributed by atoms with E-state index in [0.29, 0.717) is 11.3 Å². The van der Waals surface area contributed by atoms with Gasteiger partial charge in [-0.3, -0.25) is 9.59 Å². The fourth-order valence-corrected chi connectivity index (χ4v) is 2.48. The second-order valence-electron chi connectivity index (χ2n) is 4.86. The Balaban J connectivity index is 2.33. The molecule has 3 rings (SSSR count). The minimum Gasteiger partial charge on any atom is -0.294 e. The standard InChI is InChI=1S/C14H14N2O2/c1-8-12(9(2)17)11-4-3-7-15-16(11)13(8)14(18)10-5-6-10/h3-4,7,10H,5-6H2,1-2H3. The molecule has 0 spiro atoms. The molecule has 0 bridgehead atoms. The molecule has 1 saturated carbocycles. The lowest BCUT2D eigenvalue weighted by molar-refractivity contribution is 0.0960. The normalized spacial score (nSPS) is 15.0. The lowest BCUT2D eigenvalue weighted by Gasteiger charge is -2.00. The van der Waals surface area contributed by atoms with E-state index in [-0.39, 0.29) is 17.5 Å². The van der Waals surface area contributed by atoms with E-state index in [4.69, 9.17) is 0 Å². The molecule has 0 aromatic carbocycles. The Kier molecular flexibility index (Phi) is 2.33. The van der Waals surface area contributed by atoms with Gasteiger partial charge < -0.3 is 0 Å². The number of hydrogen-bond acceptors (Lipinski definition) is 3. The molecule has 2 heterocycles. The van der Waals surface area contributed by atoms with E-state index in [9.17, 15) is 9.59 Å². The molecule has 1 aliphatic rings. The summed E-state index contributed by atoms with van der Waals surface area (Å²) in [5.41, 5.74) is 2.69. The van der Waals surface area contributed by atoms with Crippen LogP contribution in [0.25, 0.3) is 5.52 Å². The van der Waals surface area contributed by atoms with Gasteiger partial charge in [-0.15, -0.1) is 0 Å². The Morgan fingerprint density at radius 2 is 2.11 bits per heavy atom. The lowest BCUT2D eigenvalue weighted by Crippen LogP contribution is -2.08. The van der Waals surface area contributed by atoms with Crippen LogP contribution in [0.4, 0.5) is 0 Å². The van der Waals surface area contributed by atoms with Crippen LogP contribution >= 0.6 is 0 Å². The van der Waals surface area contributed by atoms with E-state index < -0.39 is 0 Å². The van der Waals surface area contributed by atoms with Crippen LogP contribution in [-0.2, 0) is 0 Å². The minimum absolute atomic E-state index is 0.0205. The first-order chi connectivity index (χ1) is 8.61. The van der Waals surface area contributed by atoms with Crippen molar-refractivity contribution >= 4 is 17.1 Å². The first-order valence-electron chi connectivity index (χ1n) is 6.12. The second kappa shape index (κ2) is 3.77. The first-order valence-corrected chi connectivity index (χ1v) is 6.12. The van der Waals surface area contributed by atoms with Crippen molar-refractivity contribution in [2.24, 2.45) is 5.92 Å². The van der Waals surface area contributed by atoms with Gasteiger partial charge in [0.15, 0.2) is 11.6 Å². The van der Waals surface area contributed by atoms with Crippen molar-refractivity contribution < 1.29 is 9.59 Å². The molecule has 0 N–H and O–H groups in total. The molecule has 4 heteroatoms. The number of nitrogens with zero attached hydrogens (tertiary/aromatic N) is 2. The zero-order chi connectivity index (χ0) is 12.9. The van der Waals surface area contributed by atoms with Crippen LogP contribution in [0.5, 0.6) is 0 Å². The fraction of sp³-hybridized carbons (Fsp3) is 0.357. The maximum absolute atomic E-state index is 12.3. The van der Waals surface area contributed by atoms with Gasteiger partial charge in [-0.25, -0.2) is 4.52 Å². The van der Waals surface area contributed by atoms with Crippen LogP contribution in [-0.4, -0.2) is 21.2 Å². The highest BCUT2D eigenvalue weighted by atomic mass is 16.1. The van der Waals surface area contributed by atoms with Crippen LogP contribution in [0, 0.1) is 12.8 Å². The van der Waals surface area contributed by atoms with Gasteiger partial charge in [-0.2, -0.15) is 5.10 Å². The smallest absolute Gasteiger partial charge is 0.184 e. The number of aromatic nitrogens is 2. The number of Topliss-reactive ketones (excluding diaryl/α,β-unsaturated/α-hetero) is 2. The number of hydrogen-bond donors (Lipinski definition) is 0. The monoisotopic (exact) mass is 242 g/mol. The maximum atomic E-state index is 12.3. The Hall–Kier alpha value is -1.97. The highest BCUT2D eigenvalue weighted by Crippen LogP contribution is 2.35. The van der Waals surface area contributed by atoms with Crippen molar-refractivity contribution in [2.45, 2.75) is 26.7 Å². The lowest BCUT2D eigenvalue weighted by atomic mass is 10.0. The summed E-state index contributed by atoms with van der Waals surface area (Å²) in [5, 5.41) is 4.22. The quantitative estimate of drug-likeness (QED) is 0.777. The predicted molar refractivity (Wildman–Crippen MR) is 67.0 cm³/mol. The zero-order valence-electron chi connectivity index (χ0n) is 10.4. The summed E-state index contributed by atoms with van der Waals surface area (Å²) in [6.07, 6.45) is 3.54. The van der Waals surface area contributed by atoms with Crippen LogP contribution in [0.2, 0.25) is 0 Å². The molecule has 0 saturated heterocycles. The molecule has 4 nitrogen and oxygen atoms in total. The predicted octanol–water partition coefficient (Wildman–Crippen LogP) is 2.44. The first kappa shape index (κ1) is 11.1. The molecule has 92 valence electrons. The zero-order valence-corrected chi connectivity index (χ0v) is 10.4. The Morgan fingerprint density at radius 1 is 1.39 bits per heavy atom. The number of ketones is 2. The summed E-state index contributed by atoms with van der Waals surface area (Å²) in [6.45, 7) is 3.36. The fourth-order valence-electron chi connectivity index (χ4n) is 2.48. The maximum Gasteiger partial charge on any atom is 0.184 e. The Labute approximate surface area is 105 Å². The van der Waals surface area contributed by atoms with Crippen molar-refractivity contribution in [1.29, 1.82) is 0 Å². The molecular weight excluding hydrogens is 228 g/mol. The molecule has 1 aliphatic carbocycles. The van der Waals surface area contributed by atoms with E-state index in [1.54, 1.807) is 16.8 Å². The van der Waals surface area contributed by atoms with Crippen LogP contribution in [0.1, 0.15) is 46.2 Å². The van der Waals surface area contributed by atoms with Crippen molar-refractivity contribution in [3.8, 4) is 0 Å². The largest absolute Gasteiger partial charge is 0.294 e. The Morgan fingerprint density at radius 3 is 2.72 bits per heavy atom. The average molecular weight is 242 g/mol. The van der Waals surface area contributed by atoms with E-state index in [1.165, 1.54) is 6.92 Å². The van der Waals surface area contributed by atoms with Gasteiger partial charge in [-0.1, -0.05) is 0 Å². The van der Waals surface area contributed by atoms with E-state index in [2.05, 4.69) is 5.10 Å². The summed E-state index contributed by atoms with van der Waals surface area (Å²) < 4.78 is 1.62. The second-order valence-corrected chi connectivity index (χ2v) is 4.86. The van der Waals surface area contributed by atoms with E-state index in [0.717, 1.165) is 23.9 Å². The van der Waals surface area contributed by atoms with Crippen molar-refractivity contribution in [3.05, 3.63) is 35.2 Å². The third-order valence-electron chi connectivity index (χ3n) is 3.48. The third kappa shape index (κ3) is 1.49. The van der Waals surface area contributed by atoms with Gasteiger partial charge in [0, 0.05) is 17.7 Å². The third-order valence-corrected chi connectivity index (χ3v) is 3.48. The van der Waals surface area contributed by atoms with Crippen molar-refractivity contribution in [3.63, 3.8) is 0 Å². The van der Waals surface area contributed by atoms with Gasteiger partial charge in [-0.05, 0) is 44.4 Å². The van der Waals surface area contributed by atoms with Gasteiger partial charge in [0.05, 0.1) is 5.52 Å². The van der Waals surface area contributed by atoms with Gasteiger partial charge in [0.25, 0.3) is 0 Å². The van der Waals surface area contributed by atoms with Crippen LogP contribution in [0.15, 0.2) is 18.3 Å². The molecular formula is C14H14N2O2. The molecule has 2 aromatic rings. The van der Waals surface area contributed by atoms with Gasteiger partial charge in [0.1, 0.15) is 5.69 Å². The minimum atomic E-state index is -0.0205. The highest BCUT2D eigenvalue weighted by Gasteiger charge is 2.34. The molecule has 0 amide bonds. The molecule has 2 aromatic heterocycles. The summed E-state index contributed by atoms with van der Waals surface area (Å²) in [6, 6.07) is 3.62. The van der Waals surface area contributed by atoms with E-state index >= 15 is 0 Å². The molecule has 18 heavy (non-hydrogen) atoms. The SMILES string of the molecule is CC(=O)c1c(C)c(C(=O)C2CC2)n2ncccc12.